The summed E-state index contributed by atoms with van der Waals surface area (Å²) in [6.07, 6.45) is 0.610. The van der Waals surface area contributed by atoms with Crippen LogP contribution < -0.4 is 5.73 Å². The van der Waals surface area contributed by atoms with Crippen molar-refractivity contribution in [3.05, 3.63) is 70.2 Å². The number of halogens is 3. The fourth-order valence-electron chi connectivity index (χ4n) is 2.25. The summed E-state index contributed by atoms with van der Waals surface area (Å²) in [6.45, 7) is 1.78. The summed E-state index contributed by atoms with van der Waals surface area (Å²) in [5.74, 6) is -0.643. The molecule has 20 heavy (non-hydrogen) atoms. The zero-order valence-electron chi connectivity index (χ0n) is 11.2. The van der Waals surface area contributed by atoms with Gasteiger partial charge in [-0.15, -0.1) is 0 Å². The highest BCUT2D eigenvalue weighted by Gasteiger charge is 2.23. The Hall–Kier alpha value is -1.45. The van der Waals surface area contributed by atoms with Crippen LogP contribution in [0.25, 0.3) is 0 Å². The van der Waals surface area contributed by atoms with Crippen LogP contribution in [0.2, 0.25) is 5.02 Å². The van der Waals surface area contributed by atoms with Crippen molar-refractivity contribution >= 4 is 11.6 Å². The van der Waals surface area contributed by atoms with Crippen LogP contribution in [0.15, 0.2) is 42.5 Å². The molecular formula is C16H16ClF2N. The Balaban J connectivity index is 2.19. The van der Waals surface area contributed by atoms with Gasteiger partial charge in [0, 0.05) is 10.6 Å². The molecule has 0 heterocycles. The van der Waals surface area contributed by atoms with Crippen LogP contribution in [0.5, 0.6) is 0 Å². The first-order valence-corrected chi connectivity index (χ1v) is 6.71. The van der Waals surface area contributed by atoms with E-state index in [1.54, 1.807) is 31.2 Å². The molecule has 0 radical (unpaired) electrons. The van der Waals surface area contributed by atoms with E-state index < -0.39 is 5.54 Å². The van der Waals surface area contributed by atoms with Gasteiger partial charge in [-0.2, -0.15) is 0 Å². The quantitative estimate of drug-likeness (QED) is 0.902. The summed E-state index contributed by atoms with van der Waals surface area (Å²) in [4.78, 5) is 0. The van der Waals surface area contributed by atoms with E-state index in [2.05, 4.69) is 0 Å². The van der Waals surface area contributed by atoms with E-state index in [0.29, 0.717) is 22.6 Å². The van der Waals surface area contributed by atoms with Gasteiger partial charge < -0.3 is 5.73 Å². The van der Waals surface area contributed by atoms with Crippen LogP contribution in [-0.4, -0.2) is 5.54 Å². The number of hydrogen-bond acceptors (Lipinski definition) is 1. The second-order valence-corrected chi connectivity index (χ2v) is 5.77. The third-order valence-electron chi connectivity index (χ3n) is 3.15. The van der Waals surface area contributed by atoms with E-state index in [1.807, 2.05) is 0 Å². The molecule has 1 unspecified atom stereocenters. The Morgan fingerprint density at radius 3 is 2.30 bits per heavy atom. The van der Waals surface area contributed by atoms with Crippen molar-refractivity contribution in [2.75, 3.05) is 0 Å². The summed E-state index contributed by atoms with van der Waals surface area (Å²) >= 11 is 5.86. The van der Waals surface area contributed by atoms with Gasteiger partial charge in [-0.25, -0.2) is 8.78 Å². The molecule has 0 aliphatic carbocycles. The third kappa shape index (κ3) is 3.78. The summed E-state index contributed by atoms with van der Waals surface area (Å²) in [5.41, 5.74) is 6.41. The largest absolute Gasteiger partial charge is 0.325 e. The molecule has 2 aromatic rings. The topological polar surface area (TPSA) is 26.0 Å². The van der Waals surface area contributed by atoms with E-state index in [-0.39, 0.29) is 18.1 Å². The van der Waals surface area contributed by atoms with E-state index in [0.717, 1.165) is 0 Å². The van der Waals surface area contributed by atoms with E-state index in [9.17, 15) is 8.78 Å². The van der Waals surface area contributed by atoms with Gasteiger partial charge >= 0.3 is 0 Å². The maximum absolute atomic E-state index is 13.7. The predicted molar refractivity (Wildman–Crippen MR) is 77.8 cm³/mol. The van der Waals surface area contributed by atoms with Crippen LogP contribution >= 0.6 is 11.6 Å². The lowest BCUT2D eigenvalue weighted by molar-refractivity contribution is 0.441. The molecule has 0 saturated carbocycles. The molecule has 1 atom stereocenters. The standard InChI is InChI=1S/C16H16ClF2N/c1-16(20,9-11-4-2-3-5-14(11)18)10-12-8-13(17)6-7-15(12)19/h2-8H,9-10,20H2,1H3. The lowest BCUT2D eigenvalue weighted by atomic mass is 9.87. The first-order chi connectivity index (χ1) is 9.37. The predicted octanol–water partition coefficient (Wildman–Crippen LogP) is 4.12. The van der Waals surface area contributed by atoms with Crippen LogP contribution in [-0.2, 0) is 12.8 Å². The van der Waals surface area contributed by atoms with Crippen LogP contribution in [0.1, 0.15) is 18.1 Å². The molecule has 106 valence electrons. The maximum Gasteiger partial charge on any atom is 0.126 e. The molecule has 2 N–H and O–H groups in total. The Morgan fingerprint density at radius 1 is 1.00 bits per heavy atom. The smallest absolute Gasteiger partial charge is 0.126 e. The molecule has 0 bridgehead atoms. The number of hydrogen-bond donors (Lipinski definition) is 1. The zero-order valence-corrected chi connectivity index (χ0v) is 11.9. The molecule has 4 heteroatoms. The van der Waals surface area contributed by atoms with Gasteiger partial charge in [0.15, 0.2) is 0 Å². The van der Waals surface area contributed by atoms with Gasteiger partial charge in [0.05, 0.1) is 0 Å². The van der Waals surface area contributed by atoms with Gasteiger partial charge in [-0.05, 0) is 55.2 Å². The molecular weight excluding hydrogens is 280 g/mol. The fraction of sp³-hybridized carbons (Fsp3) is 0.250. The Labute approximate surface area is 122 Å². The molecule has 0 amide bonds. The lowest BCUT2D eigenvalue weighted by Gasteiger charge is -2.25. The maximum atomic E-state index is 13.7. The molecule has 0 saturated heterocycles. The number of benzene rings is 2. The van der Waals surface area contributed by atoms with Gasteiger partial charge in [-0.1, -0.05) is 29.8 Å². The van der Waals surface area contributed by atoms with Crippen LogP contribution in [0.3, 0.4) is 0 Å². The zero-order chi connectivity index (χ0) is 14.8. The normalized spacial score (nSPS) is 14.1. The van der Waals surface area contributed by atoms with Gasteiger partial charge in [-0.3, -0.25) is 0 Å². The summed E-state index contributed by atoms with van der Waals surface area (Å²) in [6, 6.07) is 10.8. The first-order valence-electron chi connectivity index (χ1n) is 6.34. The molecule has 0 fully saturated rings. The van der Waals surface area contributed by atoms with Crippen molar-refractivity contribution < 1.29 is 8.78 Å². The average molecular weight is 296 g/mol. The highest BCUT2D eigenvalue weighted by molar-refractivity contribution is 6.30. The van der Waals surface area contributed by atoms with E-state index in [4.69, 9.17) is 17.3 Å². The second kappa shape index (κ2) is 5.90. The minimum Gasteiger partial charge on any atom is -0.325 e. The van der Waals surface area contributed by atoms with Crippen molar-refractivity contribution in [2.45, 2.75) is 25.3 Å². The molecule has 1 nitrogen and oxygen atoms in total. The van der Waals surface area contributed by atoms with Gasteiger partial charge in [0.2, 0.25) is 0 Å². The number of nitrogens with two attached hydrogens (primary N) is 1. The SMILES string of the molecule is CC(N)(Cc1ccccc1F)Cc1cc(Cl)ccc1F. The Bertz CT molecular complexity index is 611. The monoisotopic (exact) mass is 295 g/mol. The van der Waals surface area contributed by atoms with Crippen molar-refractivity contribution in [3.63, 3.8) is 0 Å². The molecule has 0 aromatic heterocycles. The summed E-state index contributed by atoms with van der Waals surface area (Å²) in [5, 5.41) is 0.461. The molecule has 0 spiro atoms. The molecule has 0 aliphatic rings. The van der Waals surface area contributed by atoms with E-state index >= 15 is 0 Å². The molecule has 0 aliphatic heterocycles. The van der Waals surface area contributed by atoms with E-state index in [1.165, 1.54) is 18.2 Å². The van der Waals surface area contributed by atoms with Gasteiger partial charge in [0.1, 0.15) is 11.6 Å². The van der Waals surface area contributed by atoms with Crippen LogP contribution in [0, 0.1) is 11.6 Å². The Kier molecular flexibility index (Phi) is 4.41. The van der Waals surface area contributed by atoms with Crippen molar-refractivity contribution in [3.8, 4) is 0 Å². The summed E-state index contributed by atoms with van der Waals surface area (Å²) in [7, 11) is 0. The molecule has 2 aromatic carbocycles. The third-order valence-corrected chi connectivity index (χ3v) is 3.39. The number of rotatable bonds is 4. The van der Waals surface area contributed by atoms with Crippen molar-refractivity contribution in [1.82, 2.24) is 0 Å². The highest BCUT2D eigenvalue weighted by Crippen LogP contribution is 2.22. The highest BCUT2D eigenvalue weighted by atomic mass is 35.5. The van der Waals surface area contributed by atoms with Crippen molar-refractivity contribution in [1.29, 1.82) is 0 Å². The lowest BCUT2D eigenvalue weighted by Crippen LogP contribution is -2.41. The average Bonchev–Trinajstić information content (AvgIpc) is 2.36. The minimum atomic E-state index is -0.756. The Morgan fingerprint density at radius 2 is 1.60 bits per heavy atom. The summed E-state index contributed by atoms with van der Waals surface area (Å²) < 4.78 is 27.4. The first kappa shape index (κ1) is 14.9. The van der Waals surface area contributed by atoms with Crippen LogP contribution in [0.4, 0.5) is 8.78 Å². The minimum absolute atomic E-state index is 0.285. The molecule has 2 rings (SSSR count). The van der Waals surface area contributed by atoms with Gasteiger partial charge in [0.25, 0.3) is 0 Å². The van der Waals surface area contributed by atoms with Crippen molar-refractivity contribution in [2.24, 2.45) is 5.73 Å². The fourth-order valence-corrected chi connectivity index (χ4v) is 2.45. The second-order valence-electron chi connectivity index (χ2n) is 5.33.